The van der Waals surface area contributed by atoms with Gasteiger partial charge in [0.2, 0.25) is 0 Å². The highest BCUT2D eigenvalue weighted by molar-refractivity contribution is 6.41. The number of hydrogen-bond donors (Lipinski definition) is 3. The summed E-state index contributed by atoms with van der Waals surface area (Å²) < 4.78 is 0. The molecule has 136 valence electrons. The van der Waals surface area contributed by atoms with Crippen molar-refractivity contribution in [3.8, 4) is 0 Å². The van der Waals surface area contributed by atoms with Crippen molar-refractivity contribution in [2.75, 3.05) is 12.0 Å². The molecule has 0 aliphatic carbocycles. The number of nitro benzene ring substituents is 1. The number of nitrogens with zero attached hydrogens (tertiary/aromatic N) is 1. The first-order chi connectivity index (χ1) is 12.3. The molecule has 0 aromatic heterocycles. The molecule has 0 atom stereocenters. The first-order valence-electron chi connectivity index (χ1n) is 7.00. The molecule has 0 aliphatic heterocycles. The number of nitrogens with one attached hydrogen (secondary N) is 3. The summed E-state index contributed by atoms with van der Waals surface area (Å²) in [5.74, 6) is -1.22. The standard InChI is InChI=1S/C15H11Cl3N4O4/c16-9-5-11(17)14(12(18)6-9)21-20-13(23)7-19-15(24)8-2-1-3-10(4-8)22(25)26/h1-6,21H,7H2,(H,19,24)(H,20,23). The van der Waals surface area contributed by atoms with Gasteiger partial charge in [-0.15, -0.1) is 0 Å². The lowest BCUT2D eigenvalue weighted by Gasteiger charge is -2.12. The van der Waals surface area contributed by atoms with E-state index in [4.69, 9.17) is 34.8 Å². The fraction of sp³-hybridized carbons (Fsp3) is 0.0667. The van der Waals surface area contributed by atoms with Crippen LogP contribution in [0.1, 0.15) is 10.4 Å². The zero-order valence-electron chi connectivity index (χ0n) is 12.9. The number of carbonyl (C=O) groups is 2. The van der Waals surface area contributed by atoms with Crippen LogP contribution in [0.3, 0.4) is 0 Å². The number of benzene rings is 2. The summed E-state index contributed by atoms with van der Waals surface area (Å²) in [5.41, 5.74) is 4.93. The van der Waals surface area contributed by atoms with Crippen LogP contribution >= 0.6 is 34.8 Å². The number of anilines is 1. The van der Waals surface area contributed by atoms with Gasteiger partial charge >= 0.3 is 0 Å². The Morgan fingerprint density at radius 3 is 2.35 bits per heavy atom. The number of non-ortho nitro benzene ring substituents is 1. The van der Waals surface area contributed by atoms with E-state index in [0.717, 1.165) is 6.07 Å². The molecule has 0 spiro atoms. The third-order valence-electron chi connectivity index (χ3n) is 3.06. The van der Waals surface area contributed by atoms with Crippen molar-refractivity contribution in [3.05, 3.63) is 67.1 Å². The zero-order chi connectivity index (χ0) is 19.3. The predicted octanol–water partition coefficient (Wildman–Crippen LogP) is 3.43. The molecule has 2 rings (SSSR count). The Kier molecular flexibility index (Phi) is 6.62. The number of nitro groups is 1. The highest BCUT2D eigenvalue weighted by Crippen LogP contribution is 2.32. The second-order valence-electron chi connectivity index (χ2n) is 4.91. The lowest BCUT2D eigenvalue weighted by atomic mass is 10.2. The maximum Gasteiger partial charge on any atom is 0.270 e. The van der Waals surface area contributed by atoms with Crippen LogP contribution in [-0.2, 0) is 4.79 Å². The normalized spacial score (nSPS) is 10.1. The summed E-state index contributed by atoms with van der Waals surface area (Å²) >= 11 is 17.7. The van der Waals surface area contributed by atoms with Crippen molar-refractivity contribution in [2.45, 2.75) is 0 Å². The molecule has 11 heteroatoms. The van der Waals surface area contributed by atoms with Crippen molar-refractivity contribution in [2.24, 2.45) is 0 Å². The average molecular weight is 418 g/mol. The van der Waals surface area contributed by atoms with Crippen molar-refractivity contribution >= 4 is 58.0 Å². The molecule has 0 radical (unpaired) electrons. The first-order valence-corrected chi connectivity index (χ1v) is 8.13. The fourth-order valence-electron chi connectivity index (χ4n) is 1.86. The molecule has 0 saturated carbocycles. The van der Waals surface area contributed by atoms with Gasteiger partial charge in [0.05, 0.1) is 27.2 Å². The maximum absolute atomic E-state index is 12.0. The Morgan fingerprint density at radius 2 is 1.73 bits per heavy atom. The van der Waals surface area contributed by atoms with Gasteiger partial charge in [-0.1, -0.05) is 40.9 Å². The van der Waals surface area contributed by atoms with Crippen LogP contribution in [0.4, 0.5) is 11.4 Å². The van der Waals surface area contributed by atoms with Crippen LogP contribution in [0.2, 0.25) is 15.1 Å². The van der Waals surface area contributed by atoms with Gasteiger partial charge in [0.1, 0.15) is 0 Å². The largest absolute Gasteiger partial charge is 0.343 e. The van der Waals surface area contributed by atoms with Gasteiger partial charge < -0.3 is 5.32 Å². The van der Waals surface area contributed by atoms with E-state index in [1.165, 1.54) is 30.3 Å². The summed E-state index contributed by atoms with van der Waals surface area (Å²) in [5, 5.41) is 13.8. The zero-order valence-corrected chi connectivity index (χ0v) is 15.2. The van der Waals surface area contributed by atoms with Crippen LogP contribution in [0, 0.1) is 10.1 Å². The molecular weight excluding hydrogens is 407 g/mol. The molecule has 0 heterocycles. The van der Waals surface area contributed by atoms with E-state index in [-0.39, 0.29) is 33.5 Å². The smallest absolute Gasteiger partial charge is 0.270 e. The molecule has 8 nitrogen and oxygen atoms in total. The summed E-state index contributed by atoms with van der Waals surface area (Å²) in [6.45, 7) is -0.378. The van der Waals surface area contributed by atoms with Crippen LogP contribution in [0.25, 0.3) is 0 Å². The van der Waals surface area contributed by atoms with Crippen LogP contribution in [0.5, 0.6) is 0 Å². The molecule has 0 aliphatic rings. The molecule has 2 aromatic rings. The SMILES string of the molecule is O=C(CNC(=O)c1cccc([N+](=O)[O-])c1)NNc1c(Cl)cc(Cl)cc1Cl. The maximum atomic E-state index is 12.0. The lowest BCUT2D eigenvalue weighted by Crippen LogP contribution is -2.39. The van der Waals surface area contributed by atoms with E-state index in [2.05, 4.69) is 16.2 Å². The third kappa shape index (κ3) is 5.22. The average Bonchev–Trinajstić information content (AvgIpc) is 2.58. The summed E-state index contributed by atoms with van der Waals surface area (Å²) in [6, 6.07) is 8.01. The Labute approximate surface area is 162 Å². The number of halogens is 3. The van der Waals surface area contributed by atoms with Gasteiger partial charge in [-0.2, -0.15) is 0 Å². The second kappa shape index (κ2) is 8.70. The van der Waals surface area contributed by atoms with Gasteiger partial charge in [0, 0.05) is 22.7 Å². The Balaban J connectivity index is 1.90. The Bertz CT molecular complexity index is 853. The molecule has 2 amide bonds. The summed E-state index contributed by atoms with van der Waals surface area (Å²) in [6.07, 6.45) is 0. The van der Waals surface area contributed by atoms with Crippen molar-refractivity contribution in [1.82, 2.24) is 10.7 Å². The summed E-state index contributed by atoms with van der Waals surface area (Å²) in [7, 11) is 0. The van der Waals surface area contributed by atoms with Crippen LogP contribution in [0.15, 0.2) is 36.4 Å². The summed E-state index contributed by atoms with van der Waals surface area (Å²) in [4.78, 5) is 33.9. The van der Waals surface area contributed by atoms with Gasteiger partial charge in [0.15, 0.2) is 0 Å². The number of amides is 2. The lowest BCUT2D eigenvalue weighted by molar-refractivity contribution is -0.384. The molecule has 2 aromatic carbocycles. The van der Waals surface area contributed by atoms with E-state index in [1.54, 1.807) is 0 Å². The van der Waals surface area contributed by atoms with Gasteiger partial charge in [-0.05, 0) is 18.2 Å². The van der Waals surface area contributed by atoms with E-state index >= 15 is 0 Å². The first kappa shape index (κ1) is 19.8. The molecule has 0 fully saturated rings. The number of hydrazine groups is 1. The molecule has 0 saturated heterocycles. The molecule has 3 N–H and O–H groups in total. The predicted molar refractivity (Wildman–Crippen MR) is 98.7 cm³/mol. The molecular formula is C15H11Cl3N4O4. The van der Waals surface area contributed by atoms with Gasteiger partial charge in [-0.3, -0.25) is 30.6 Å². The van der Waals surface area contributed by atoms with Crippen molar-refractivity contribution in [3.63, 3.8) is 0 Å². The van der Waals surface area contributed by atoms with E-state index < -0.39 is 16.7 Å². The highest BCUT2D eigenvalue weighted by Gasteiger charge is 2.13. The number of rotatable bonds is 6. The minimum Gasteiger partial charge on any atom is -0.343 e. The molecule has 0 bridgehead atoms. The van der Waals surface area contributed by atoms with Crippen molar-refractivity contribution in [1.29, 1.82) is 0 Å². The van der Waals surface area contributed by atoms with Crippen LogP contribution in [-0.4, -0.2) is 23.3 Å². The van der Waals surface area contributed by atoms with E-state index in [9.17, 15) is 19.7 Å². The second-order valence-corrected chi connectivity index (χ2v) is 6.16. The Hall–Kier alpha value is -2.55. The Morgan fingerprint density at radius 1 is 1.08 bits per heavy atom. The third-order valence-corrected chi connectivity index (χ3v) is 3.88. The van der Waals surface area contributed by atoms with E-state index in [0.29, 0.717) is 5.02 Å². The van der Waals surface area contributed by atoms with Crippen molar-refractivity contribution < 1.29 is 14.5 Å². The number of carbonyl (C=O) groups excluding carboxylic acids is 2. The number of hydrogen-bond acceptors (Lipinski definition) is 5. The minimum atomic E-state index is -0.633. The monoisotopic (exact) mass is 416 g/mol. The van der Waals surface area contributed by atoms with Gasteiger partial charge in [0.25, 0.3) is 17.5 Å². The highest BCUT2D eigenvalue weighted by atomic mass is 35.5. The molecule has 0 unspecified atom stereocenters. The minimum absolute atomic E-state index is 0.0590. The fourth-order valence-corrected chi connectivity index (χ4v) is 2.77. The van der Waals surface area contributed by atoms with Crippen LogP contribution < -0.4 is 16.2 Å². The molecule has 26 heavy (non-hydrogen) atoms. The topological polar surface area (TPSA) is 113 Å². The van der Waals surface area contributed by atoms with E-state index in [1.807, 2.05) is 0 Å². The quantitative estimate of drug-likeness (QED) is 0.492. The van der Waals surface area contributed by atoms with Gasteiger partial charge in [-0.25, -0.2) is 0 Å².